The number of aryl methyl sites for hydroxylation is 2. The molecule has 2 N–H and O–H groups in total. The molecule has 142 valence electrons. The third kappa shape index (κ3) is 3.61. The quantitative estimate of drug-likeness (QED) is 0.506. The van der Waals surface area contributed by atoms with E-state index in [1.165, 1.54) is 16.8 Å². The molecule has 3 rings (SSSR count). The minimum absolute atomic E-state index is 0.105. The average Bonchev–Trinajstić information content (AvgIpc) is 2.91. The van der Waals surface area contributed by atoms with Crippen LogP contribution in [0.2, 0.25) is 0 Å². The number of hydrogen-bond donors (Lipinski definition) is 2. The maximum Gasteiger partial charge on any atom is 0.293 e. The zero-order chi connectivity index (χ0) is 19.6. The number of carbonyl (C=O) groups is 1. The Kier molecular flexibility index (Phi) is 5.36. The zero-order valence-electron chi connectivity index (χ0n) is 15.3. The molecule has 0 bridgehead atoms. The van der Waals surface area contributed by atoms with Crippen LogP contribution >= 0.6 is 0 Å². The summed E-state index contributed by atoms with van der Waals surface area (Å²) in [5.41, 5.74) is 3.80. The Labute approximate surface area is 155 Å². The van der Waals surface area contributed by atoms with E-state index in [9.17, 15) is 13.6 Å². The molecule has 0 unspecified atom stereocenters. The van der Waals surface area contributed by atoms with Crippen molar-refractivity contribution in [1.29, 1.82) is 0 Å². The van der Waals surface area contributed by atoms with Gasteiger partial charge in [-0.2, -0.15) is 0 Å². The van der Waals surface area contributed by atoms with Crippen molar-refractivity contribution in [2.24, 2.45) is 7.05 Å². The van der Waals surface area contributed by atoms with E-state index >= 15 is 0 Å². The van der Waals surface area contributed by atoms with Gasteiger partial charge in [-0.15, -0.1) is 0 Å². The summed E-state index contributed by atoms with van der Waals surface area (Å²) in [5, 5.41) is 3.27. The maximum absolute atomic E-state index is 14.3. The van der Waals surface area contributed by atoms with E-state index in [-0.39, 0.29) is 22.6 Å². The molecule has 6 nitrogen and oxygen atoms in total. The molecule has 0 radical (unpaired) electrons. The average molecular weight is 374 g/mol. The van der Waals surface area contributed by atoms with Crippen LogP contribution in [0.1, 0.15) is 29.4 Å². The van der Waals surface area contributed by atoms with Crippen LogP contribution in [0.25, 0.3) is 10.9 Å². The van der Waals surface area contributed by atoms with E-state index in [0.29, 0.717) is 18.4 Å². The van der Waals surface area contributed by atoms with Crippen molar-refractivity contribution < 1.29 is 18.4 Å². The number of halogens is 2. The predicted octanol–water partition coefficient (Wildman–Crippen LogP) is 3.97. The van der Waals surface area contributed by atoms with Gasteiger partial charge in [0.2, 0.25) is 0 Å². The third-order valence-electron chi connectivity index (χ3n) is 4.12. The lowest BCUT2D eigenvalue weighted by atomic mass is 10.2. The van der Waals surface area contributed by atoms with Gasteiger partial charge in [-0.05, 0) is 31.0 Å². The molecule has 0 aliphatic heterocycles. The number of nitrogens with zero attached hydrogens (tertiary/aromatic N) is 2. The van der Waals surface area contributed by atoms with E-state index in [4.69, 9.17) is 4.84 Å². The number of hydrogen-bond acceptors (Lipinski definition) is 4. The second-order valence-electron chi connectivity index (χ2n) is 6.19. The Hall–Kier alpha value is -3.00. The first-order valence-corrected chi connectivity index (χ1v) is 8.51. The van der Waals surface area contributed by atoms with Gasteiger partial charge < -0.3 is 9.88 Å². The number of rotatable bonds is 6. The molecule has 0 atom stereocenters. The maximum atomic E-state index is 14.3. The van der Waals surface area contributed by atoms with Gasteiger partial charge in [0.25, 0.3) is 5.91 Å². The van der Waals surface area contributed by atoms with Gasteiger partial charge in [-0.3, -0.25) is 14.6 Å². The predicted molar refractivity (Wildman–Crippen MR) is 98.8 cm³/mol. The number of carbonyl (C=O) groups excluding carboxylic acids is 1. The van der Waals surface area contributed by atoms with Gasteiger partial charge in [-0.25, -0.2) is 14.3 Å². The van der Waals surface area contributed by atoms with Gasteiger partial charge in [0.15, 0.2) is 5.82 Å². The summed E-state index contributed by atoms with van der Waals surface area (Å²) >= 11 is 0. The molecule has 1 aromatic carbocycles. The van der Waals surface area contributed by atoms with Crippen LogP contribution in [-0.2, 0) is 11.9 Å². The fourth-order valence-electron chi connectivity index (χ4n) is 2.87. The van der Waals surface area contributed by atoms with Crippen molar-refractivity contribution in [1.82, 2.24) is 15.0 Å². The van der Waals surface area contributed by atoms with Crippen molar-refractivity contribution in [3.05, 3.63) is 53.5 Å². The van der Waals surface area contributed by atoms with Crippen molar-refractivity contribution in [3.8, 4) is 0 Å². The molecular weight excluding hydrogens is 354 g/mol. The summed E-state index contributed by atoms with van der Waals surface area (Å²) in [5.74, 6) is -1.64. The number of benzene rings is 1. The molecule has 2 heterocycles. The van der Waals surface area contributed by atoms with Crippen molar-refractivity contribution >= 4 is 28.2 Å². The second kappa shape index (κ2) is 7.71. The van der Waals surface area contributed by atoms with Crippen LogP contribution in [-0.4, -0.2) is 22.1 Å². The second-order valence-corrected chi connectivity index (χ2v) is 6.19. The van der Waals surface area contributed by atoms with Gasteiger partial charge in [-0.1, -0.05) is 13.0 Å². The SMILES string of the molecule is CCCONC(=O)c1c(Nc2ccc(C)cc2F)c2cncc(F)c2n1C. The first-order chi connectivity index (χ1) is 12.9. The number of amides is 1. The molecule has 0 saturated heterocycles. The van der Waals surface area contributed by atoms with E-state index in [1.54, 1.807) is 26.1 Å². The Morgan fingerprint density at radius 1 is 1.26 bits per heavy atom. The molecule has 0 saturated carbocycles. The molecule has 27 heavy (non-hydrogen) atoms. The fraction of sp³-hybridized carbons (Fsp3) is 0.263. The highest BCUT2D eigenvalue weighted by Gasteiger charge is 2.24. The van der Waals surface area contributed by atoms with Crippen LogP contribution < -0.4 is 10.8 Å². The zero-order valence-corrected chi connectivity index (χ0v) is 15.3. The topological polar surface area (TPSA) is 68.2 Å². The molecule has 2 aromatic heterocycles. The molecule has 0 aliphatic rings. The van der Waals surface area contributed by atoms with Crippen molar-refractivity contribution in [2.45, 2.75) is 20.3 Å². The summed E-state index contributed by atoms with van der Waals surface area (Å²) in [6.45, 7) is 4.01. The number of pyridine rings is 1. The van der Waals surface area contributed by atoms with Crippen LogP contribution in [0.3, 0.4) is 0 Å². The minimum atomic E-state index is -0.587. The Morgan fingerprint density at radius 3 is 2.74 bits per heavy atom. The third-order valence-corrected chi connectivity index (χ3v) is 4.12. The highest BCUT2D eigenvalue weighted by Crippen LogP contribution is 2.34. The summed E-state index contributed by atoms with van der Waals surface area (Å²) in [6.07, 6.45) is 3.21. The lowest BCUT2D eigenvalue weighted by Gasteiger charge is -2.11. The number of nitrogens with one attached hydrogen (secondary N) is 2. The van der Waals surface area contributed by atoms with Crippen LogP contribution in [0.5, 0.6) is 0 Å². The summed E-state index contributed by atoms with van der Waals surface area (Å²) in [7, 11) is 1.55. The molecular formula is C19H20F2N4O2. The molecule has 0 spiro atoms. The van der Waals surface area contributed by atoms with Crippen LogP contribution in [0, 0.1) is 18.6 Å². The Bertz CT molecular complexity index is 1000. The monoisotopic (exact) mass is 374 g/mol. The molecule has 1 amide bonds. The van der Waals surface area contributed by atoms with E-state index in [0.717, 1.165) is 11.8 Å². The lowest BCUT2D eigenvalue weighted by molar-refractivity contribution is 0.0309. The highest BCUT2D eigenvalue weighted by atomic mass is 19.1. The van der Waals surface area contributed by atoms with Crippen molar-refractivity contribution in [3.63, 3.8) is 0 Å². The smallest absolute Gasteiger partial charge is 0.293 e. The normalized spacial score (nSPS) is 11.0. The number of fused-ring (bicyclic) bond motifs is 1. The fourth-order valence-corrected chi connectivity index (χ4v) is 2.87. The van der Waals surface area contributed by atoms with E-state index < -0.39 is 17.5 Å². The standard InChI is InChI=1S/C19H20F2N4O2/c1-4-7-27-24-19(26)18-16(23-15-6-5-11(2)8-13(15)20)12-9-22-10-14(21)17(12)25(18)3/h5-6,8-10,23H,4,7H2,1-3H3,(H,24,26). The van der Waals surface area contributed by atoms with Gasteiger partial charge in [0.05, 0.1) is 29.7 Å². The lowest BCUT2D eigenvalue weighted by Crippen LogP contribution is -2.26. The molecule has 3 aromatic rings. The van der Waals surface area contributed by atoms with E-state index in [1.807, 2.05) is 6.92 Å². The van der Waals surface area contributed by atoms with Crippen molar-refractivity contribution in [2.75, 3.05) is 11.9 Å². The summed E-state index contributed by atoms with van der Waals surface area (Å²) in [6, 6.07) is 4.67. The molecule has 0 fully saturated rings. The summed E-state index contributed by atoms with van der Waals surface area (Å²) in [4.78, 5) is 21.6. The number of aromatic nitrogens is 2. The Morgan fingerprint density at radius 2 is 2.04 bits per heavy atom. The molecule has 0 aliphatic carbocycles. The summed E-state index contributed by atoms with van der Waals surface area (Å²) < 4.78 is 30.0. The number of hydroxylamine groups is 1. The van der Waals surface area contributed by atoms with Crippen LogP contribution in [0.15, 0.2) is 30.6 Å². The Balaban J connectivity index is 2.12. The number of anilines is 2. The first kappa shape index (κ1) is 18.8. The minimum Gasteiger partial charge on any atom is -0.351 e. The highest BCUT2D eigenvalue weighted by molar-refractivity contribution is 6.09. The largest absolute Gasteiger partial charge is 0.351 e. The van der Waals surface area contributed by atoms with E-state index in [2.05, 4.69) is 15.8 Å². The molecule has 8 heteroatoms. The van der Waals surface area contributed by atoms with Gasteiger partial charge >= 0.3 is 0 Å². The first-order valence-electron chi connectivity index (χ1n) is 8.51. The van der Waals surface area contributed by atoms with Crippen LogP contribution in [0.4, 0.5) is 20.2 Å². The van der Waals surface area contributed by atoms with Gasteiger partial charge in [0.1, 0.15) is 11.5 Å². The van der Waals surface area contributed by atoms with Gasteiger partial charge in [0, 0.05) is 18.6 Å².